The van der Waals surface area contributed by atoms with Crippen LogP contribution in [0.25, 0.3) is 0 Å². The third kappa shape index (κ3) is 5.98. The molecule has 1 fully saturated rings. The summed E-state index contributed by atoms with van der Waals surface area (Å²) in [6.07, 6.45) is 2.75. The Hall–Kier alpha value is -1.36. The maximum absolute atomic E-state index is 5.97. The first-order valence-electron chi connectivity index (χ1n) is 8.53. The molecule has 2 rings (SSSR count). The van der Waals surface area contributed by atoms with Crippen molar-refractivity contribution >= 4 is 0 Å². The Morgan fingerprint density at radius 1 is 1.17 bits per heavy atom. The van der Waals surface area contributed by atoms with E-state index < -0.39 is 0 Å². The predicted molar refractivity (Wildman–Crippen MR) is 92.5 cm³/mol. The number of ether oxygens (including phenoxy) is 3. The summed E-state index contributed by atoms with van der Waals surface area (Å²) in [5, 5.41) is 0. The Bertz CT molecular complexity index is 496. The molecule has 4 nitrogen and oxygen atoms in total. The Balaban J connectivity index is 1.70. The van der Waals surface area contributed by atoms with Crippen molar-refractivity contribution in [1.82, 2.24) is 0 Å². The van der Waals surface area contributed by atoms with Crippen molar-refractivity contribution in [1.29, 1.82) is 0 Å². The molecule has 23 heavy (non-hydrogen) atoms. The van der Waals surface area contributed by atoms with Crippen LogP contribution in [0.5, 0.6) is 5.75 Å². The van der Waals surface area contributed by atoms with Crippen molar-refractivity contribution in [2.75, 3.05) is 52.7 Å². The zero-order valence-electron chi connectivity index (χ0n) is 14.5. The summed E-state index contributed by atoms with van der Waals surface area (Å²) in [7, 11) is 0. The molecule has 1 N–H and O–H groups in total. The molecule has 1 aliphatic rings. The Morgan fingerprint density at radius 3 is 2.70 bits per heavy atom. The number of benzene rings is 1. The van der Waals surface area contributed by atoms with E-state index in [1.165, 1.54) is 16.7 Å². The average Bonchev–Trinajstić information content (AvgIpc) is 2.54. The SMILES string of the molecule is C=CCc1cc(C)cc(C)c1OCCOCC[NH+]1CCOCC1. The Kier molecular flexibility index (Phi) is 7.59. The molecule has 1 aromatic rings. The van der Waals surface area contributed by atoms with Gasteiger partial charge in [-0.3, -0.25) is 0 Å². The molecular weight excluding hydrogens is 290 g/mol. The zero-order valence-corrected chi connectivity index (χ0v) is 14.5. The lowest BCUT2D eigenvalue weighted by atomic mass is 10.0. The molecule has 0 saturated carbocycles. The van der Waals surface area contributed by atoms with Crippen LogP contribution in [-0.2, 0) is 15.9 Å². The summed E-state index contributed by atoms with van der Waals surface area (Å²) >= 11 is 0. The molecule has 0 aliphatic carbocycles. The molecular formula is C19H30NO3+. The molecule has 4 heteroatoms. The van der Waals surface area contributed by atoms with Crippen molar-refractivity contribution in [2.45, 2.75) is 20.3 Å². The van der Waals surface area contributed by atoms with Crippen LogP contribution < -0.4 is 9.64 Å². The molecule has 1 heterocycles. The number of rotatable bonds is 9. The normalized spacial score (nSPS) is 15.6. The van der Waals surface area contributed by atoms with Crippen LogP contribution in [0, 0.1) is 13.8 Å². The summed E-state index contributed by atoms with van der Waals surface area (Å²) in [6, 6.07) is 4.33. The van der Waals surface area contributed by atoms with E-state index in [1.807, 2.05) is 6.08 Å². The van der Waals surface area contributed by atoms with Gasteiger partial charge < -0.3 is 19.1 Å². The van der Waals surface area contributed by atoms with Crippen LogP contribution in [-0.4, -0.2) is 52.7 Å². The summed E-state index contributed by atoms with van der Waals surface area (Å²) in [6.45, 7) is 15.0. The predicted octanol–water partition coefficient (Wildman–Crippen LogP) is 1.34. The van der Waals surface area contributed by atoms with E-state index in [2.05, 4.69) is 32.6 Å². The molecule has 0 atom stereocenters. The molecule has 0 aromatic heterocycles. The van der Waals surface area contributed by atoms with E-state index >= 15 is 0 Å². The highest BCUT2D eigenvalue weighted by atomic mass is 16.5. The maximum Gasteiger partial charge on any atom is 0.125 e. The number of quaternary nitrogens is 1. The van der Waals surface area contributed by atoms with Gasteiger partial charge in [0.2, 0.25) is 0 Å². The summed E-state index contributed by atoms with van der Waals surface area (Å²) in [5.41, 5.74) is 3.64. The van der Waals surface area contributed by atoms with Crippen molar-refractivity contribution < 1.29 is 19.1 Å². The lowest BCUT2D eigenvalue weighted by Gasteiger charge is -2.23. The lowest BCUT2D eigenvalue weighted by Crippen LogP contribution is -3.14. The maximum atomic E-state index is 5.97. The lowest BCUT2D eigenvalue weighted by molar-refractivity contribution is -0.908. The van der Waals surface area contributed by atoms with Crippen molar-refractivity contribution in [3.05, 3.63) is 41.5 Å². The van der Waals surface area contributed by atoms with Crippen LogP contribution >= 0.6 is 0 Å². The van der Waals surface area contributed by atoms with Crippen molar-refractivity contribution in [2.24, 2.45) is 0 Å². The largest absolute Gasteiger partial charge is 0.491 e. The number of morpholine rings is 1. The van der Waals surface area contributed by atoms with Gasteiger partial charge in [0.25, 0.3) is 0 Å². The van der Waals surface area contributed by atoms with E-state index in [-0.39, 0.29) is 0 Å². The third-order valence-corrected chi connectivity index (χ3v) is 4.13. The zero-order chi connectivity index (χ0) is 16.5. The minimum absolute atomic E-state index is 0.590. The van der Waals surface area contributed by atoms with Gasteiger partial charge in [0.05, 0.1) is 26.4 Å². The quantitative estimate of drug-likeness (QED) is 0.550. The van der Waals surface area contributed by atoms with Crippen LogP contribution in [0.15, 0.2) is 24.8 Å². The molecule has 0 bridgehead atoms. The highest BCUT2D eigenvalue weighted by molar-refractivity contribution is 5.44. The van der Waals surface area contributed by atoms with E-state index in [0.29, 0.717) is 13.2 Å². The third-order valence-electron chi connectivity index (χ3n) is 4.13. The fraction of sp³-hybridized carbons (Fsp3) is 0.579. The van der Waals surface area contributed by atoms with E-state index in [9.17, 15) is 0 Å². The summed E-state index contributed by atoms with van der Waals surface area (Å²) in [5.74, 6) is 0.984. The Morgan fingerprint density at radius 2 is 1.96 bits per heavy atom. The first-order chi connectivity index (χ1) is 11.2. The Labute approximate surface area is 140 Å². The van der Waals surface area contributed by atoms with Gasteiger partial charge in [-0.05, 0) is 31.4 Å². The van der Waals surface area contributed by atoms with Gasteiger partial charge in [-0.25, -0.2) is 0 Å². The molecule has 128 valence electrons. The molecule has 0 amide bonds. The smallest absolute Gasteiger partial charge is 0.125 e. The van der Waals surface area contributed by atoms with E-state index in [1.54, 1.807) is 4.90 Å². The second-order valence-corrected chi connectivity index (χ2v) is 6.14. The van der Waals surface area contributed by atoms with Gasteiger partial charge in [0.15, 0.2) is 0 Å². The van der Waals surface area contributed by atoms with E-state index in [0.717, 1.165) is 51.6 Å². The summed E-state index contributed by atoms with van der Waals surface area (Å²) in [4.78, 5) is 1.57. The molecule has 1 aliphatic heterocycles. The fourth-order valence-electron chi connectivity index (χ4n) is 2.99. The summed E-state index contributed by atoms with van der Waals surface area (Å²) < 4.78 is 17.0. The molecule has 1 saturated heterocycles. The number of hydrogen-bond donors (Lipinski definition) is 1. The molecule has 0 radical (unpaired) electrons. The van der Waals surface area contributed by atoms with Crippen molar-refractivity contribution in [3.8, 4) is 5.75 Å². The topological polar surface area (TPSA) is 32.1 Å². The molecule has 1 aromatic carbocycles. The highest BCUT2D eigenvalue weighted by Gasteiger charge is 2.13. The minimum atomic E-state index is 0.590. The average molecular weight is 320 g/mol. The first-order valence-corrected chi connectivity index (χ1v) is 8.53. The molecule has 0 unspecified atom stereocenters. The minimum Gasteiger partial charge on any atom is -0.491 e. The van der Waals surface area contributed by atoms with Gasteiger partial charge in [-0.1, -0.05) is 23.8 Å². The number of hydrogen-bond acceptors (Lipinski definition) is 3. The van der Waals surface area contributed by atoms with Gasteiger partial charge in [-0.2, -0.15) is 0 Å². The second-order valence-electron chi connectivity index (χ2n) is 6.14. The van der Waals surface area contributed by atoms with Crippen molar-refractivity contribution in [3.63, 3.8) is 0 Å². The van der Waals surface area contributed by atoms with Gasteiger partial charge in [0.1, 0.15) is 32.0 Å². The number of nitrogens with one attached hydrogen (secondary N) is 1. The highest BCUT2D eigenvalue weighted by Crippen LogP contribution is 2.26. The monoisotopic (exact) mass is 320 g/mol. The van der Waals surface area contributed by atoms with Gasteiger partial charge >= 0.3 is 0 Å². The fourth-order valence-corrected chi connectivity index (χ4v) is 2.99. The standard InChI is InChI=1S/C19H29NO3/c1-4-5-18-15-16(2)14-17(3)19(18)23-13-12-22-11-8-20-6-9-21-10-7-20/h4,14-15H,1,5-13H2,2-3H3/p+1. The van der Waals surface area contributed by atoms with Crippen LogP contribution in [0.4, 0.5) is 0 Å². The van der Waals surface area contributed by atoms with Crippen LogP contribution in [0.1, 0.15) is 16.7 Å². The number of aryl methyl sites for hydroxylation is 2. The second kappa shape index (κ2) is 9.71. The van der Waals surface area contributed by atoms with Gasteiger partial charge in [-0.15, -0.1) is 6.58 Å². The van der Waals surface area contributed by atoms with Crippen LogP contribution in [0.3, 0.4) is 0 Å². The van der Waals surface area contributed by atoms with Gasteiger partial charge in [0, 0.05) is 0 Å². The molecule has 0 spiro atoms. The number of allylic oxidation sites excluding steroid dienone is 1. The van der Waals surface area contributed by atoms with Crippen LogP contribution in [0.2, 0.25) is 0 Å². The first kappa shape index (κ1) is 18.0. The van der Waals surface area contributed by atoms with E-state index in [4.69, 9.17) is 14.2 Å².